The smallest absolute Gasteiger partial charge is 0.261 e. The van der Waals surface area contributed by atoms with Crippen LogP contribution in [0.25, 0.3) is 10.9 Å². The van der Waals surface area contributed by atoms with Gasteiger partial charge < -0.3 is 15.5 Å². The van der Waals surface area contributed by atoms with Crippen molar-refractivity contribution < 1.29 is 18.8 Å². The number of H-pyrrole nitrogens is 1. The zero-order valence-corrected chi connectivity index (χ0v) is 20.2. The molecule has 184 valence electrons. The maximum Gasteiger partial charge on any atom is 0.261 e. The van der Waals surface area contributed by atoms with Gasteiger partial charge in [-0.25, -0.2) is 4.98 Å². The minimum Gasteiger partial charge on any atom is -0.347 e. The number of aromatic amines is 1. The summed E-state index contributed by atoms with van der Waals surface area (Å²) in [5, 5.41) is 13.1. The van der Waals surface area contributed by atoms with Crippen LogP contribution in [0.4, 0.5) is 4.39 Å². The molecule has 5 rings (SSSR count). The highest BCUT2D eigenvalue weighted by Crippen LogP contribution is 2.28. The number of hydrogen-bond acceptors (Lipinski definition) is 6. The molecule has 0 unspecified atom stereocenters. The highest BCUT2D eigenvalue weighted by molar-refractivity contribution is 7.14. The zero-order chi connectivity index (χ0) is 25.2. The summed E-state index contributed by atoms with van der Waals surface area (Å²) < 4.78 is 13.2. The molecule has 0 fully saturated rings. The van der Waals surface area contributed by atoms with Crippen molar-refractivity contribution in [1.29, 1.82) is 0 Å². The molecule has 11 heteroatoms. The van der Waals surface area contributed by atoms with E-state index < -0.39 is 5.95 Å². The second-order valence-corrected chi connectivity index (χ2v) is 9.73. The molecule has 3 amide bonds. The number of carbonyl (C=O) groups is 3. The van der Waals surface area contributed by atoms with Gasteiger partial charge in [0.15, 0.2) is 0 Å². The lowest BCUT2D eigenvalue weighted by molar-refractivity contribution is -0.131. The van der Waals surface area contributed by atoms with Crippen LogP contribution in [-0.4, -0.2) is 50.9 Å². The molecule has 0 spiro atoms. The van der Waals surface area contributed by atoms with Crippen LogP contribution in [-0.2, 0) is 24.3 Å². The standard InChI is InChI=1S/C25H23FN6O3S/c1-14-6-22(26)27-9-18(14)10-28-25(35)21-8-17-13-32(5-4-20(17)36-21)23(33)12-29-24(34)15-2-3-19-16(7-15)11-30-31-19/h2-3,6-9,11H,4-5,10,12-13H2,1H3,(H,28,35)(H,29,34)(H,30,31). The van der Waals surface area contributed by atoms with Crippen LogP contribution in [0.5, 0.6) is 0 Å². The van der Waals surface area contributed by atoms with Crippen molar-refractivity contribution in [2.45, 2.75) is 26.4 Å². The van der Waals surface area contributed by atoms with E-state index in [4.69, 9.17) is 0 Å². The Kier molecular flexibility index (Phi) is 6.47. The SMILES string of the molecule is Cc1cc(F)ncc1CNC(=O)c1cc2c(s1)CCN(C(=O)CNC(=O)c1ccc3[nH]ncc3c1)C2. The van der Waals surface area contributed by atoms with Crippen molar-refractivity contribution in [3.63, 3.8) is 0 Å². The van der Waals surface area contributed by atoms with Gasteiger partial charge in [-0.2, -0.15) is 9.49 Å². The number of rotatable bonds is 6. The molecule has 0 aliphatic carbocycles. The van der Waals surface area contributed by atoms with Crippen LogP contribution < -0.4 is 10.6 Å². The van der Waals surface area contributed by atoms with Crippen molar-refractivity contribution in [2.75, 3.05) is 13.1 Å². The van der Waals surface area contributed by atoms with Gasteiger partial charge in [-0.15, -0.1) is 11.3 Å². The van der Waals surface area contributed by atoms with Crippen molar-refractivity contribution >= 4 is 40.0 Å². The Hall–Kier alpha value is -4.12. The highest BCUT2D eigenvalue weighted by Gasteiger charge is 2.25. The summed E-state index contributed by atoms with van der Waals surface area (Å²) in [5.74, 6) is -1.29. The van der Waals surface area contributed by atoms with Gasteiger partial charge >= 0.3 is 0 Å². The number of hydrogen-bond donors (Lipinski definition) is 3. The van der Waals surface area contributed by atoms with E-state index in [0.717, 1.165) is 32.5 Å². The summed E-state index contributed by atoms with van der Waals surface area (Å²) in [4.78, 5) is 44.9. The van der Waals surface area contributed by atoms with E-state index in [-0.39, 0.29) is 30.8 Å². The summed E-state index contributed by atoms with van der Waals surface area (Å²) in [6.45, 7) is 2.81. The molecule has 1 aromatic carbocycles. The van der Waals surface area contributed by atoms with Crippen LogP contribution in [0.1, 0.15) is 41.6 Å². The molecule has 0 bridgehead atoms. The monoisotopic (exact) mass is 506 g/mol. The molecular weight excluding hydrogens is 483 g/mol. The van der Waals surface area contributed by atoms with Crippen molar-refractivity contribution in [3.8, 4) is 0 Å². The lowest BCUT2D eigenvalue weighted by Gasteiger charge is -2.27. The number of amides is 3. The van der Waals surface area contributed by atoms with Gasteiger partial charge in [0.2, 0.25) is 11.9 Å². The van der Waals surface area contributed by atoms with Gasteiger partial charge in [0, 0.05) is 41.7 Å². The maximum atomic E-state index is 13.2. The Bertz CT molecular complexity index is 1480. The Labute approximate surface area is 209 Å². The van der Waals surface area contributed by atoms with Crippen LogP contribution >= 0.6 is 11.3 Å². The molecule has 0 saturated heterocycles. The number of fused-ring (bicyclic) bond motifs is 2. The average molecular weight is 507 g/mol. The van der Waals surface area contributed by atoms with Gasteiger partial charge in [-0.05, 0) is 60.4 Å². The van der Waals surface area contributed by atoms with E-state index in [0.29, 0.717) is 30.0 Å². The predicted octanol–water partition coefficient (Wildman–Crippen LogP) is 2.71. The van der Waals surface area contributed by atoms with Gasteiger partial charge in [0.05, 0.1) is 23.1 Å². The van der Waals surface area contributed by atoms with Crippen LogP contribution in [0.3, 0.4) is 0 Å². The van der Waals surface area contributed by atoms with Gasteiger partial charge in [0.25, 0.3) is 11.8 Å². The van der Waals surface area contributed by atoms with E-state index in [9.17, 15) is 18.8 Å². The van der Waals surface area contributed by atoms with Crippen LogP contribution in [0, 0.1) is 12.9 Å². The van der Waals surface area contributed by atoms with Gasteiger partial charge in [-0.3, -0.25) is 19.5 Å². The normalized spacial score (nSPS) is 12.9. The van der Waals surface area contributed by atoms with Crippen molar-refractivity contribution in [3.05, 3.63) is 80.7 Å². The van der Waals surface area contributed by atoms with Gasteiger partial charge in [-0.1, -0.05) is 0 Å². The number of nitrogens with zero attached hydrogens (tertiary/aromatic N) is 3. The fourth-order valence-electron chi connectivity index (χ4n) is 4.11. The molecule has 0 atom stereocenters. The van der Waals surface area contributed by atoms with E-state index >= 15 is 0 Å². The third-order valence-corrected chi connectivity index (χ3v) is 7.41. The second-order valence-electron chi connectivity index (χ2n) is 8.60. The molecule has 9 nitrogen and oxygen atoms in total. The molecule has 1 aliphatic heterocycles. The maximum absolute atomic E-state index is 13.2. The molecule has 3 aromatic heterocycles. The van der Waals surface area contributed by atoms with Crippen LogP contribution in [0.2, 0.25) is 0 Å². The Morgan fingerprint density at radius 2 is 2.00 bits per heavy atom. The first-order chi connectivity index (χ1) is 17.4. The molecular formula is C25H23FN6O3S. The Morgan fingerprint density at radius 3 is 2.83 bits per heavy atom. The fraction of sp³-hybridized carbons (Fsp3) is 0.240. The first kappa shape index (κ1) is 23.6. The number of aromatic nitrogens is 3. The van der Waals surface area contributed by atoms with E-state index in [1.54, 1.807) is 36.2 Å². The number of carbonyl (C=O) groups excluding carboxylic acids is 3. The molecule has 36 heavy (non-hydrogen) atoms. The van der Waals surface area contributed by atoms with E-state index in [1.807, 2.05) is 6.07 Å². The summed E-state index contributed by atoms with van der Waals surface area (Å²) in [5.41, 5.74) is 3.68. The number of halogens is 1. The first-order valence-corrected chi connectivity index (χ1v) is 12.2. The largest absolute Gasteiger partial charge is 0.347 e. The predicted molar refractivity (Wildman–Crippen MR) is 132 cm³/mol. The highest BCUT2D eigenvalue weighted by atomic mass is 32.1. The summed E-state index contributed by atoms with van der Waals surface area (Å²) >= 11 is 1.41. The molecule has 3 N–H and O–H groups in total. The zero-order valence-electron chi connectivity index (χ0n) is 19.4. The number of benzene rings is 1. The van der Waals surface area contributed by atoms with E-state index in [1.165, 1.54) is 23.6 Å². The third-order valence-electron chi connectivity index (χ3n) is 6.17. The number of pyridine rings is 1. The minimum absolute atomic E-state index is 0.111. The molecule has 4 heterocycles. The lowest BCUT2D eigenvalue weighted by Crippen LogP contribution is -2.42. The van der Waals surface area contributed by atoms with Gasteiger partial charge in [0.1, 0.15) is 0 Å². The fourth-order valence-corrected chi connectivity index (χ4v) is 5.19. The molecule has 0 radical (unpaired) electrons. The quantitative estimate of drug-likeness (QED) is 0.348. The second kappa shape index (κ2) is 9.86. The van der Waals surface area contributed by atoms with Crippen molar-refractivity contribution in [1.82, 2.24) is 30.7 Å². The number of nitrogens with one attached hydrogen (secondary N) is 3. The van der Waals surface area contributed by atoms with Crippen molar-refractivity contribution in [2.24, 2.45) is 0 Å². The Balaban J connectivity index is 1.16. The average Bonchev–Trinajstić information content (AvgIpc) is 3.52. The summed E-state index contributed by atoms with van der Waals surface area (Å²) in [7, 11) is 0. The lowest BCUT2D eigenvalue weighted by atomic mass is 10.1. The molecule has 4 aromatic rings. The number of thiophene rings is 1. The third kappa shape index (κ3) is 4.96. The molecule has 1 aliphatic rings. The minimum atomic E-state index is -0.553. The summed E-state index contributed by atoms with van der Waals surface area (Å²) in [6, 6.07) is 8.31. The molecule has 0 saturated carbocycles. The van der Waals surface area contributed by atoms with E-state index in [2.05, 4.69) is 25.8 Å². The summed E-state index contributed by atoms with van der Waals surface area (Å²) in [6.07, 6.45) is 3.70. The number of aryl methyl sites for hydroxylation is 1. The topological polar surface area (TPSA) is 120 Å². The van der Waals surface area contributed by atoms with Crippen LogP contribution in [0.15, 0.2) is 42.7 Å². The Morgan fingerprint density at radius 1 is 1.14 bits per heavy atom. The first-order valence-electron chi connectivity index (χ1n) is 11.4.